The van der Waals surface area contributed by atoms with Gasteiger partial charge in [0.15, 0.2) is 9.84 Å². The van der Waals surface area contributed by atoms with Crippen LogP contribution in [0.2, 0.25) is 0 Å². The fraction of sp³-hybridized carbons (Fsp3) is 0. The number of sulfone groups is 1. The quantitative estimate of drug-likeness (QED) is 0.625. The Morgan fingerprint density at radius 2 is 1.31 bits per heavy atom. The molecule has 0 amide bonds. The maximum Gasteiger partial charge on any atom is 0.194 e. The molecule has 1 heterocycles. The molecule has 2 aliphatic rings. The second-order valence-electron chi connectivity index (χ2n) is 3.20. The zero-order chi connectivity index (χ0) is 9.05. The molecular formula is C10H6O2S. The Kier molecular flexibility index (Phi) is 1.05. The van der Waals surface area contributed by atoms with Gasteiger partial charge in [-0.15, -0.1) is 0 Å². The van der Waals surface area contributed by atoms with Crippen molar-refractivity contribution < 1.29 is 8.42 Å². The number of allylic oxidation sites excluding steroid dienone is 2. The number of fused-ring (bicyclic) bond motifs is 4. The summed E-state index contributed by atoms with van der Waals surface area (Å²) < 4.78 is 22.4. The van der Waals surface area contributed by atoms with Gasteiger partial charge in [0.1, 0.15) is 0 Å². The Balaban J connectivity index is 2.38. The predicted octanol–water partition coefficient (Wildman–Crippen LogP) is 1.81. The van der Waals surface area contributed by atoms with Crippen LogP contribution in [0.5, 0.6) is 0 Å². The zero-order valence-corrected chi connectivity index (χ0v) is 7.51. The van der Waals surface area contributed by atoms with E-state index in [1.807, 2.05) is 24.3 Å². The van der Waals surface area contributed by atoms with Crippen molar-refractivity contribution in [1.29, 1.82) is 0 Å². The number of hydrogen-bond acceptors (Lipinski definition) is 2. The Hall–Kier alpha value is -1.35. The lowest BCUT2D eigenvalue weighted by Gasteiger charge is -2.22. The molecule has 13 heavy (non-hydrogen) atoms. The van der Waals surface area contributed by atoms with E-state index in [4.69, 9.17) is 0 Å². The van der Waals surface area contributed by atoms with Crippen LogP contribution in [-0.2, 0) is 9.84 Å². The van der Waals surface area contributed by atoms with Crippen molar-refractivity contribution in [2.24, 2.45) is 0 Å². The molecule has 0 atom stereocenters. The third kappa shape index (κ3) is 0.795. The second-order valence-corrected chi connectivity index (χ2v) is 4.85. The fourth-order valence-corrected chi connectivity index (χ4v) is 3.03. The van der Waals surface area contributed by atoms with Crippen LogP contribution in [0, 0.1) is 0 Å². The second kappa shape index (κ2) is 1.93. The van der Waals surface area contributed by atoms with E-state index in [9.17, 15) is 8.42 Å². The van der Waals surface area contributed by atoms with Gasteiger partial charge in [-0.05, 0) is 11.1 Å². The molecule has 0 fully saturated rings. The van der Waals surface area contributed by atoms with Gasteiger partial charge in [0.05, 0.1) is 0 Å². The van der Waals surface area contributed by atoms with Gasteiger partial charge < -0.3 is 0 Å². The zero-order valence-electron chi connectivity index (χ0n) is 6.69. The van der Waals surface area contributed by atoms with E-state index >= 15 is 0 Å². The minimum absolute atomic E-state index is 0.871. The monoisotopic (exact) mass is 190 g/mol. The summed E-state index contributed by atoms with van der Waals surface area (Å²) in [6.45, 7) is 0. The minimum atomic E-state index is -3.07. The highest BCUT2D eigenvalue weighted by molar-refractivity contribution is 7.98. The van der Waals surface area contributed by atoms with Crippen molar-refractivity contribution >= 4 is 21.0 Å². The molecule has 0 bridgehead atoms. The van der Waals surface area contributed by atoms with E-state index in [1.54, 1.807) is 0 Å². The maximum atomic E-state index is 11.2. The number of rotatable bonds is 0. The first-order valence-electron chi connectivity index (χ1n) is 3.96. The van der Waals surface area contributed by atoms with Crippen LogP contribution < -0.4 is 0 Å². The molecule has 0 radical (unpaired) electrons. The van der Waals surface area contributed by atoms with Crippen LogP contribution in [0.1, 0.15) is 11.1 Å². The molecule has 1 aromatic carbocycles. The van der Waals surface area contributed by atoms with Crippen molar-refractivity contribution in [3.63, 3.8) is 0 Å². The summed E-state index contributed by atoms with van der Waals surface area (Å²) >= 11 is 0. The van der Waals surface area contributed by atoms with Crippen molar-refractivity contribution in [2.45, 2.75) is 0 Å². The molecule has 0 spiro atoms. The molecule has 0 N–H and O–H groups in total. The van der Waals surface area contributed by atoms with Gasteiger partial charge in [-0.2, -0.15) is 0 Å². The normalized spacial score (nSPS) is 20.9. The average Bonchev–Trinajstić information content (AvgIpc) is 2.37. The van der Waals surface area contributed by atoms with Crippen LogP contribution in [0.3, 0.4) is 0 Å². The first kappa shape index (κ1) is 7.09. The molecule has 64 valence electrons. The van der Waals surface area contributed by atoms with Crippen LogP contribution in [0.4, 0.5) is 0 Å². The van der Waals surface area contributed by atoms with Crippen LogP contribution in [-0.4, -0.2) is 8.42 Å². The molecule has 3 heteroatoms. The van der Waals surface area contributed by atoms with E-state index in [2.05, 4.69) is 0 Å². The summed E-state index contributed by atoms with van der Waals surface area (Å²) in [5, 5.41) is 2.68. The fourth-order valence-electron chi connectivity index (χ4n) is 1.80. The molecule has 3 rings (SSSR count). The third-order valence-corrected chi connectivity index (χ3v) is 3.49. The highest BCUT2D eigenvalue weighted by atomic mass is 32.2. The first-order valence-corrected chi connectivity index (χ1v) is 5.57. The van der Waals surface area contributed by atoms with Gasteiger partial charge >= 0.3 is 0 Å². The molecule has 0 saturated heterocycles. The number of hydrogen-bond donors (Lipinski definition) is 0. The molecule has 0 unspecified atom stereocenters. The molecular weight excluding hydrogens is 184 g/mol. The standard InChI is InChI=1S/C10H6O2S/c11-13(12)5-9-7-3-1-2-4-8(7)10(9)6-13/h1-6H. The summed E-state index contributed by atoms with van der Waals surface area (Å²) in [4.78, 5) is 0. The lowest BCUT2D eigenvalue weighted by atomic mass is 9.80. The Morgan fingerprint density at radius 1 is 0.846 bits per heavy atom. The van der Waals surface area contributed by atoms with E-state index in [-0.39, 0.29) is 0 Å². The van der Waals surface area contributed by atoms with E-state index in [0.717, 1.165) is 22.3 Å². The van der Waals surface area contributed by atoms with E-state index in [0.29, 0.717) is 0 Å². The summed E-state index contributed by atoms with van der Waals surface area (Å²) in [5.41, 5.74) is 3.84. The maximum absolute atomic E-state index is 11.2. The van der Waals surface area contributed by atoms with Crippen LogP contribution in [0.15, 0.2) is 35.1 Å². The third-order valence-electron chi connectivity index (χ3n) is 2.36. The molecule has 1 aliphatic carbocycles. The molecule has 0 aromatic heterocycles. The van der Waals surface area contributed by atoms with E-state index < -0.39 is 9.84 Å². The Bertz CT molecular complexity index is 517. The van der Waals surface area contributed by atoms with Gasteiger partial charge in [-0.3, -0.25) is 0 Å². The Labute approximate surface area is 76.1 Å². The van der Waals surface area contributed by atoms with Gasteiger partial charge in [-0.25, -0.2) is 8.42 Å². The highest BCUT2D eigenvalue weighted by Crippen LogP contribution is 2.48. The van der Waals surface area contributed by atoms with E-state index in [1.165, 1.54) is 10.8 Å². The van der Waals surface area contributed by atoms with Crippen molar-refractivity contribution in [1.82, 2.24) is 0 Å². The van der Waals surface area contributed by atoms with Crippen LogP contribution in [0.25, 0.3) is 11.1 Å². The van der Waals surface area contributed by atoms with Crippen molar-refractivity contribution in [3.8, 4) is 0 Å². The topological polar surface area (TPSA) is 34.1 Å². The first-order chi connectivity index (χ1) is 6.17. The molecule has 0 saturated carbocycles. The molecule has 2 nitrogen and oxygen atoms in total. The summed E-state index contributed by atoms with van der Waals surface area (Å²) in [6.07, 6.45) is 0. The highest BCUT2D eigenvalue weighted by Gasteiger charge is 2.32. The Morgan fingerprint density at radius 3 is 1.77 bits per heavy atom. The molecule has 1 aromatic rings. The lowest BCUT2D eigenvalue weighted by molar-refractivity contribution is 0.613. The smallest absolute Gasteiger partial charge is 0.194 e. The number of benzene rings is 1. The van der Waals surface area contributed by atoms with Crippen LogP contribution >= 0.6 is 0 Å². The van der Waals surface area contributed by atoms with Gasteiger partial charge in [0.25, 0.3) is 0 Å². The van der Waals surface area contributed by atoms with Gasteiger partial charge in [-0.1, -0.05) is 24.3 Å². The SMILES string of the molecule is O=S1(=O)C=C2C(=C1)c1ccccc12. The van der Waals surface area contributed by atoms with Crippen molar-refractivity contribution in [2.75, 3.05) is 0 Å². The predicted molar refractivity (Wildman–Crippen MR) is 51.3 cm³/mol. The van der Waals surface area contributed by atoms with Gasteiger partial charge in [0.2, 0.25) is 0 Å². The largest absolute Gasteiger partial charge is 0.220 e. The van der Waals surface area contributed by atoms with Crippen molar-refractivity contribution in [3.05, 3.63) is 46.2 Å². The average molecular weight is 190 g/mol. The summed E-state index contributed by atoms with van der Waals surface area (Å²) in [7, 11) is -3.07. The summed E-state index contributed by atoms with van der Waals surface area (Å²) in [5.74, 6) is 0. The summed E-state index contributed by atoms with van der Waals surface area (Å²) in [6, 6.07) is 7.72. The van der Waals surface area contributed by atoms with Gasteiger partial charge in [0, 0.05) is 22.0 Å². The lowest BCUT2D eigenvalue weighted by Crippen LogP contribution is -2.02. The molecule has 1 aliphatic heterocycles. The minimum Gasteiger partial charge on any atom is -0.220 e.